The van der Waals surface area contributed by atoms with Crippen molar-refractivity contribution in [2.45, 2.75) is 70.9 Å². The molecule has 0 bridgehead atoms. The highest BCUT2D eigenvalue weighted by Gasteiger charge is 2.57. The monoisotopic (exact) mass is 436 g/mol. The Hall–Kier alpha value is -1.98. The lowest BCUT2D eigenvalue weighted by molar-refractivity contribution is -0.153. The molecule has 3 N–H and O–H groups in total. The molecule has 2 saturated carbocycles. The summed E-state index contributed by atoms with van der Waals surface area (Å²) in [7, 11) is 0. The Bertz CT molecular complexity index is 941. The van der Waals surface area contributed by atoms with Gasteiger partial charge in [0.2, 0.25) is 0 Å². The number of hydrogen-bond acceptors (Lipinski definition) is 5. The minimum absolute atomic E-state index is 0.116. The SMILES string of the molecule is C[C@]12CC[C@H](OC(=O)[C@H](N)CO)CC1=CC[C@@H]1[C@@H]2CC[C@]2(C)C(c3cccnc3)=CC[C@@H]12. The van der Waals surface area contributed by atoms with Crippen molar-refractivity contribution >= 4 is 11.5 Å². The number of aliphatic hydroxyl groups is 1. The summed E-state index contributed by atoms with van der Waals surface area (Å²) in [6.07, 6.45) is 16.2. The van der Waals surface area contributed by atoms with Gasteiger partial charge in [-0.05, 0) is 84.3 Å². The van der Waals surface area contributed by atoms with E-state index in [1.54, 1.807) is 0 Å². The molecule has 5 nitrogen and oxygen atoms in total. The van der Waals surface area contributed by atoms with Crippen LogP contribution in [-0.2, 0) is 9.53 Å². The zero-order valence-corrected chi connectivity index (χ0v) is 19.3. The van der Waals surface area contributed by atoms with Gasteiger partial charge in [0.05, 0.1) is 6.61 Å². The molecule has 1 aromatic rings. The fraction of sp³-hybridized carbons (Fsp3) is 0.630. The van der Waals surface area contributed by atoms with E-state index in [0.717, 1.165) is 25.7 Å². The third-order valence-electron chi connectivity index (χ3n) is 9.39. The van der Waals surface area contributed by atoms with Crippen LogP contribution in [0.4, 0.5) is 0 Å². The number of aliphatic hydroxyl groups excluding tert-OH is 1. The van der Waals surface area contributed by atoms with E-state index < -0.39 is 12.0 Å². The van der Waals surface area contributed by atoms with Crippen molar-refractivity contribution in [3.63, 3.8) is 0 Å². The average molecular weight is 437 g/mol. The summed E-state index contributed by atoms with van der Waals surface area (Å²) in [5, 5.41) is 9.13. The lowest BCUT2D eigenvalue weighted by atomic mass is 9.47. The minimum atomic E-state index is -0.937. The molecule has 5 heteroatoms. The van der Waals surface area contributed by atoms with Gasteiger partial charge in [0.15, 0.2) is 0 Å². The Morgan fingerprint density at radius 2 is 2.03 bits per heavy atom. The molecule has 0 aliphatic heterocycles. The van der Waals surface area contributed by atoms with Crippen LogP contribution < -0.4 is 5.73 Å². The number of allylic oxidation sites excluding steroid dienone is 3. The first-order valence-corrected chi connectivity index (χ1v) is 12.2. The molecule has 7 atom stereocenters. The van der Waals surface area contributed by atoms with Crippen LogP contribution in [0.1, 0.15) is 64.4 Å². The standard InChI is InChI=1S/C27H36N2O3/c1-26-11-9-19(32-25(31)24(28)16-30)14-18(26)5-6-20-22-8-7-21(17-4-3-13-29-15-17)27(22,2)12-10-23(20)26/h3-5,7,13,15,19-20,22-24,30H,6,8-12,14,16,28H2,1-2H3/t19-,20-,22-,23-,24+,26-,27+/m0/s1. The van der Waals surface area contributed by atoms with E-state index in [4.69, 9.17) is 15.6 Å². The number of ether oxygens (including phenoxy) is 1. The predicted octanol–water partition coefficient (Wildman–Crippen LogP) is 4.27. The Kier molecular flexibility index (Phi) is 5.53. The molecule has 0 saturated heterocycles. The maximum atomic E-state index is 12.1. The molecule has 0 radical (unpaired) electrons. The normalized spacial score (nSPS) is 39.1. The van der Waals surface area contributed by atoms with Gasteiger partial charge in [0.25, 0.3) is 0 Å². The van der Waals surface area contributed by atoms with Gasteiger partial charge < -0.3 is 15.6 Å². The summed E-state index contributed by atoms with van der Waals surface area (Å²) in [6.45, 7) is 4.58. The summed E-state index contributed by atoms with van der Waals surface area (Å²) < 4.78 is 5.64. The van der Waals surface area contributed by atoms with Crippen LogP contribution in [0.5, 0.6) is 0 Å². The van der Waals surface area contributed by atoms with Crippen LogP contribution in [0, 0.1) is 28.6 Å². The Labute approximate surface area is 191 Å². The van der Waals surface area contributed by atoms with Crippen molar-refractivity contribution in [3.05, 3.63) is 47.8 Å². The van der Waals surface area contributed by atoms with Crippen molar-refractivity contribution in [2.24, 2.45) is 34.3 Å². The zero-order chi connectivity index (χ0) is 22.5. The summed E-state index contributed by atoms with van der Waals surface area (Å²) in [4.78, 5) is 16.5. The first-order valence-electron chi connectivity index (χ1n) is 12.2. The highest BCUT2D eigenvalue weighted by molar-refractivity contribution is 5.75. The number of nitrogens with two attached hydrogens (primary N) is 1. The van der Waals surface area contributed by atoms with E-state index in [2.05, 4.69) is 37.0 Å². The first-order chi connectivity index (χ1) is 15.4. The second-order valence-electron chi connectivity index (χ2n) is 10.9. The molecule has 4 aliphatic carbocycles. The van der Waals surface area contributed by atoms with E-state index in [1.165, 1.54) is 36.0 Å². The van der Waals surface area contributed by atoms with Crippen LogP contribution >= 0.6 is 0 Å². The molecule has 0 unspecified atom stereocenters. The summed E-state index contributed by atoms with van der Waals surface area (Å²) in [5.74, 6) is 1.60. The number of fused-ring (bicyclic) bond motifs is 5. The fourth-order valence-electron chi connectivity index (χ4n) is 7.59. The van der Waals surface area contributed by atoms with E-state index in [1.807, 2.05) is 18.5 Å². The van der Waals surface area contributed by atoms with Gasteiger partial charge in [0, 0.05) is 18.8 Å². The third-order valence-corrected chi connectivity index (χ3v) is 9.39. The second kappa shape index (κ2) is 8.11. The zero-order valence-electron chi connectivity index (χ0n) is 19.3. The number of carbonyl (C=O) groups excluding carboxylic acids is 1. The first kappa shape index (κ1) is 21.8. The quantitative estimate of drug-likeness (QED) is 0.544. The average Bonchev–Trinajstić information content (AvgIpc) is 3.16. The largest absolute Gasteiger partial charge is 0.461 e. The Balaban J connectivity index is 1.34. The number of esters is 1. The summed E-state index contributed by atoms with van der Waals surface area (Å²) in [5.41, 5.74) is 10.3. The van der Waals surface area contributed by atoms with Crippen LogP contribution in [0.2, 0.25) is 0 Å². The van der Waals surface area contributed by atoms with Gasteiger partial charge >= 0.3 is 5.97 Å². The van der Waals surface area contributed by atoms with Gasteiger partial charge in [-0.1, -0.05) is 37.6 Å². The van der Waals surface area contributed by atoms with E-state index in [9.17, 15) is 4.79 Å². The second-order valence-corrected chi connectivity index (χ2v) is 10.9. The van der Waals surface area contributed by atoms with Crippen LogP contribution in [0.25, 0.3) is 5.57 Å². The van der Waals surface area contributed by atoms with Crippen LogP contribution in [0.15, 0.2) is 42.3 Å². The lowest BCUT2D eigenvalue weighted by Gasteiger charge is -2.57. The van der Waals surface area contributed by atoms with Gasteiger partial charge in [-0.15, -0.1) is 0 Å². The van der Waals surface area contributed by atoms with E-state index in [-0.39, 0.29) is 23.5 Å². The molecular formula is C27H36N2O3. The van der Waals surface area contributed by atoms with E-state index in [0.29, 0.717) is 17.8 Å². The smallest absolute Gasteiger partial charge is 0.325 e. The van der Waals surface area contributed by atoms with Gasteiger partial charge in [-0.3, -0.25) is 9.78 Å². The van der Waals surface area contributed by atoms with Crippen molar-refractivity contribution < 1.29 is 14.6 Å². The molecule has 1 heterocycles. The number of nitrogens with zero attached hydrogens (tertiary/aromatic N) is 1. The number of aromatic nitrogens is 1. The Morgan fingerprint density at radius 3 is 2.78 bits per heavy atom. The maximum Gasteiger partial charge on any atom is 0.325 e. The lowest BCUT2D eigenvalue weighted by Crippen LogP contribution is -2.50. The van der Waals surface area contributed by atoms with Gasteiger partial charge in [-0.25, -0.2) is 0 Å². The van der Waals surface area contributed by atoms with Crippen LogP contribution in [0.3, 0.4) is 0 Å². The molecule has 32 heavy (non-hydrogen) atoms. The topological polar surface area (TPSA) is 85.4 Å². The van der Waals surface area contributed by atoms with Crippen molar-refractivity contribution in [3.8, 4) is 0 Å². The number of hydrogen-bond donors (Lipinski definition) is 2. The highest BCUT2D eigenvalue weighted by Crippen LogP contribution is 2.66. The van der Waals surface area contributed by atoms with Crippen molar-refractivity contribution in [1.82, 2.24) is 4.98 Å². The molecule has 0 spiro atoms. The van der Waals surface area contributed by atoms with E-state index >= 15 is 0 Å². The summed E-state index contributed by atoms with van der Waals surface area (Å²) >= 11 is 0. The fourth-order valence-corrected chi connectivity index (χ4v) is 7.59. The predicted molar refractivity (Wildman–Crippen MR) is 124 cm³/mol. The number of pyridine rings is 1. The molecule has 5 rings (SSSR count). The molecule has 172 valence electrons. The summed E-state index contributed by atoms with van der Waals surface area (Å²) in [6, 6.07) is 3.32. The van der Waals surface area contributed by atoms with Gasteiger partial charge in [-0.2, -0.15) is 0 Å². The maximum absolute atomic E-state index is 12.1. The van der Waals surface area contributed by atoms with Gasteiger partial charge in [0.1, 0.15) is 12.1 Å². The molecule has 0 aromatic carbocycles. The highest BCUT2D eigenvalue weighted by atomic mass is 16.5. The molecule has 1 aromatic heterocycles. The molecule has 4 aliphatic rings. The molecule has 0 amide bonds. The minimum Gasteiger partial charge on any atom is -0.461 e. The number of rotatable bonds is 4. The molecule has 2 fully saturated rings. The van der Waals surface area contributed by atoms with Crippen molar-refractivity contribution in [1.29, 1.82) is 0 Å². The Morgan fingerprint density at radius 1 is 1.22 bits per heavy atom. The third kappa shape index (κ3) is 3.36. The molecular weight excluding hydrogens is 400 g/mol. The number of carbonyl (C=O) groups is 1. The van der Waals surface area contributed by atoms with Crippen LogP contribution in [-0.4, -0.2) is 34.8 Å². The van der Waals surface area contributed by atoms with Crippen molar-refractivity contribution in [2.75, 3.05) is 6.61 Å².